The fraction of sp³-hybridized carbons (Fsp3) is 0.393. The number of carbonyl (C=O) groups excluding carboxylic acids is 2. The molecule has 3 aliphatic rings. The highest BCUT2D eigenvalue weighted by Crippen LogP contribution is 2.41. The van der Waals surface area contributed by atoms with Crippen LogP contribution in [0.3, 0.4) is 0 Å². The van der Waals surface area contributed by atoms with Gasteiger partial charge in [-0.25, -0.2) is 4.39 Å². The monoisotopic (exact) mass is 506 g/mol. The summed E-state index contributed by atoms with van der Waals surface area (Å²) in [6.07, 6.45) is 3.89. The number of amides is 2. The SMILES string of the molecule is N#CC1=C(N2CCN(C(=O)c3ccc(Cl)cc3)CC2)C2CCCCC2N(Cc2ccc(F)cc2)C1=O. The molecule has 1 saturated heterocycles. The van der Waals surface area contributed by atoms with Crippen molar-refractivity contribution in [2.24, 2.45) is 5.92 Å². The van der Waals surface area contributed by atoms with Gasteiger partial charge in [-0.15, -0.1) is 0 Å². The number of nitrogens with zero attached hydrogens (tertiary/aromatic N) is 4. The quantitative estimate of drug-likeness (QED) is 0.607. The van der Waals surface area contributed by atoms with Gasteiger partial charge in [0.25, 0.3) is 11.8 Å². The third kappa shape index (κ3) is 4.70. The second kappa shape index (κ2) is 10.3. The molecule has 0 spiro atoms. The predicted molar refractivity (Wildman–Crippen MR) is 134 cm³/mol. The molecule has 1 saturated carbocycles. The maximum absolute atomic E-state index is 13.6. The van der Waals surface area contributed by atoms with Crippen LogP contribution < -0.4 is 0 Å². The molecular weight excluding hydrogens is 479 g/mol. The average molecular weight is 507 g/mol. The summed E-state index contributed by atoms with van der Waals surface area (Å²) in [4.78, 5) is 32.3. The Labute approximate surface area is 215 Å². The molecule has 2 atom stereocenters. The van der Waals surface area contributed by atoms with Crippen LogP contribution in [0.25, 0.3) is 0 Å². The molecule has 2 amide bonds. The van der Waals surface area contributed by atoms with Crippen molar-refractivity contribution in [3.63, 3.8) is 0 Å². The van der Waals surface area contributed by atoms with Crippen molar-refractivity contribution >= 4 is 23.4 Å². The number of fused-ring (bicyclic) bond motifs is 1. The lowest BCUT2D eigenvalue weighted by atomic mass is 9.76. The number of hydrogen-bond donors (Lipinski definition) is 0. The Hall–Kier alpha value is -3.37. The van der Waals surface area contributed by atoms with Crippen molar-refractivity contribution in [2.75, 3.05) is 26.2 Å². The maximum atomic E-state index is 13.6. The minimum atomic E-state index is -0.312. The van der Waals surface area contributed by atoms with E-state index in [1.54, 1.807) is 36.4 Å². The minimum Gasteiger partial charge on any atom is -0.370 e. The summed E-state index contributed by atoms with van der Waals surface area (Å²) in [7, 11) is 0. The van der Waals surface area contributed by atoms with E-state index < -0.39 is 0 Å². The summed E-state index contributed by atoms with van der Waals surface area (Å²) < 4.78 is 13.4. The van der Waals surface area contributed by atoms with E-state index >= 15 is 0 Å². The topological polar surface area (TPSA) is 67.7 Å². The van der Waals surface area contributed by atoms with Crippen LogP contribution in [0.15, 0.2) is 59.8 Å². The predicted octanol–water partition coefficient (Wildman–Crippen LogP) is 4.62. The maximum Gasteiger partial charge on any atom is 0.266 e. The molecule has 0 aromatic heterocycles. The van der Waals surface area contributed by atoms with Crippen molar-refractivity contribution in [1.82, 2.24) is 14.7 Å². The average Bonchev–Trinajstić information content (AvgIpc) is 2.91. The molecule has 8 heteroatoms. The highest BCUT2D eigenvalue weighted by molar-refractivity contribution is 6.30. The van der Waals surface area contributed by atoms with Crippen LogP contribution in [0.2, 0.25) is 5.02 Å². The lowest BCUT2D eigenvalue weighted by molar-refractivity contribution is -0.133. The number of nitriles is 1. The van der Waals surface area contributed by atoms with Crippen molar-refractivity contribution in [3.8, 4) is 6.07 Å². The molecule has 2 heterocycles. The van der Waals surface area contributed by atoms with Gasteiger partial charge in [-0.05, 0) is 54.8 Å². The lowest BCUT2D eigenvalue weighted by Crippen LogP contribution is -2.56. The molecule has 0 N–H and O–H groups in total. The Morgan fingerprint density at radius 2 is 1.67 bits per heavy atom. The largest absolute Gasteiger partial charge is 0.370 e. The van der Waals surface area contributed by atoms with Crippen molar-refractivity contribution < 1.29 is 14.0 Å². The van der Waals surface area contributed by atoms with Crippen LogP contribution in [0.1, 0.15) is 41.6 Å². The van der Waals surface area contributed by atoms with Crippen LogP contribution in [0.5, 0.6) is 0 Å². The second-order valence-corrected chi connectivity index (χ2v) is 10.1. The standard InChI is InChI=1S/C28H28ClFN4O2/c29-21-9-7-20(8-10-21)27(35)33-15-13-32(14-16-33)26-23-3-1-2-4-25(23)34(28(36)24(26)17-31)18-19-5-11-22(30)12-6-19/h5-12,23,25H,1-4,13-16,18H2. The Bertz CT molecular complexity index is 1210. The normalized spacial score (nSPS) is 22.4. The third-order valence-corrected chi connectivity index (χ3v) is 7.84. The van der Waals surface area contributed by atoms with E-state index in [1.807, 2.05) is 9.80 Å². The summed E-state index contributed by atoms with van der Waals surface area (Å²) >= 11 is 5.96. The van der Waals surface area contributed by atoms with Crippen LogP contribution in [-0.4, -0.2) is 58.7 Å². The first-order valence-electron chi connectivity index (χ1n) is 12.5. The number of piperazine rings is 1. The molecule has 0 bridgehead atoms. The number of benzene rings is 2. The molecule has 2 aromatic rings. The first-order valence-corrected chi connectivity index (χ1v) is 12.8. The molecule has 36 heavy (non-hydrogen) atoms. The van der Waals surface area contributed by atoms with E-state index in [1.165, 1.54) is 12.1 Å². The Morgan fingerprint density at radius 3 is 2.33 bits per heavy atom. The zero-order valence-corrected chi connectivity index (χ0v) is 20.8. The van der Waals surface area contributed by atoms with Gasteiger partial charge in [0.1, 0.15) is 17.5 Å². The number of hydrogen-bond acceptors (Lipinski definition) is 4. The molecule has 2 aromatic carbocycles. The Kier molecular flexibility index (Phi) is 6.97. The van der Waals surface area contributed by atoms with Gasteiger partial charge in [-0.2, -0.15) is 5.26 Å². The fourth-order valence-electron chi connectivity index (χ4n) is 5.79. The molecule has 6 nitrogen and oxygen atoms in total. The molecular formula is C28H28ClFN4O2. The Balaban J connectivity index is 1.37. The second-order valence-electron chi connectivity index (χ2n) is 9.68. The van der Waals surface area contributed by atoms with Crippen LogP contribution in [0, 0.1) is 23.1 Å². The van der Waals surface area contributed by atoms with Crippen LogP contribution in [0.4, 0.5) is 4.39 Å². The van der Waals surface area contributed by atoms with Crippen LogP contribution in [-0.2, 0) is 11.3 Å². The van der Waals surface area contributed by atoms with Crippen molar-refractivity contribution in [1.29, 1.82) is 5.26 Å². The van der Waals surface area contributed by atoms with Gasteiger partial charge < -0.3 is 14.7 Å². The highest BCUT2D eigenvalue weighted by atomic mass is 35.5. The van der Waals surface area contributed by atoms with Crippen molar-refractivity contribution in [2.45, 2.75) is 38.3 Å². The minimum absolute atomic E-state index is 0.0112. The molecule has 1 aliphatic carbocycles. The fourth-order valence-corrected chi connectivity index (χ4v) is 5.92. The van der Waals surface area contributed by atoms with Gasteiger partial charge in [0.05, 0.1) is 0 Å². The van der Waals surface area contributed by atoms with Gasteiger partial charge in [0, 0.05) is 61.0 Å². The zero-order valence-electron chi connectivity index (χ0n) is 20.0. The summed E-state index contributed by atoms with van der Waals surface area (Å²) in [6.45, 7) is 2.56. The van der Waals surface area contributed by atoms with Gasteiger partial charge in [0.15, 0.2) is 0 Å². The summed E-state index contributed by atoms with van der Waals surface area (Å²) in [5.74, 6) is -0.515. The van der Waals surface area contributed by atoms with E-state index in [4.69, 9.17) is 11.6 Å². The summed E-state index contributed by atoms with van der Waals surface area (Å²) in [5, 5.41) is 10.7. The first kappa shape index (κ1) is 24.3. The van der Waals surface area contributed by atoms with Gasteiger partial charge in [-0.3, -0.25) is 9.59 Å². The van der Waals surface area contributed by atoms with Crippen LogP contribution >= 0.6 is 11.6 Å². The van der Waals surface area contributed by atoms with E-state index in [0.29, 0.717) is 43.3 Å². The molecule has 186 valence electrons. The number of rotatable bonds is 4. The number of carbonyl (C=O) groups is 2. The van der Waals surface area contributed by atoms with E-state index in [0.717, 1.165) is 36.9 Å². The highest BCUT2D eigenvalue weighted by Gasteiger charge is 2.45. The molecule has 5 rings (SSSR count). The number of halogens is 2. The van der Waals surface area contributed by atoms with Gasteiger partial charge in [-0.1, -0.05) is 36.6 Å². The summed E-state index contributed by atoms with van der Waals surface area (Å²) in [6, 6.07) is 15.3. The Morgan fingerprint density at radius 1 is 1.00 bits per heavy atom. The van der Waals surface area contributed by atoms with Gasteiger partial charge >= 0.3 is 0 Å². The third-order valence-electron chi connectivity index (χ3n) is 7.59. The molecule has 2 fully saturated rings. The van der Waals surface area contributed by atoms with E-state index in [9.17, 15) is 19.2 Å². The smallest absolute Gasteiger partial charge is 0.266 e. The van der Waals surface area contributed by atoms with E-state index in [2.05, 4.69) is 11.0 Å². The molecule has 2 aliphatic heterocycles. The van der Waals surface area contributed by atoms with E-state index in [-0.39, 0.29) is 35.2 Å². The molecule has 0 radical (unpaired) electrons. The first-order chi connectivity index (χ1) is 17.5. The molecule has 2 unspecified atom stereocenters. The van der Waals surface area contributed by atoms with Crippen molar-refractivity contribution in [3.05, 3.63) is 81.8 Å². The zero-order chi connectivity index (χ0) is 25.2. The summed E-state index contributed by atoms with van der Waals surface area (Å²) in [5.41, 5.74) is 2.50. The lowest BCUT2D eigenvalue weighted by Gasteiger charge is -2.49. The van der Waals surface area contributed by atoms with Gasteiger partial charge in [0.2, 0.25) is 0 Å².